The maximum atomic E-state index is 12.7. The summed E-state index contributed by atoms with van der Waals surface area (Å²) < 4.78 is 28.6. The number of amides is 1. The Labute approximate surface area is 167 Å². The molecule has 9 heteroatoms. The summed E-state index contributed by atoms with van der Waals surface area (Å²) in [6.45, 7) is 5.69. The van der Waals surface area contributed by atoms with E-state index in [1.54, 1.807) is 6.92 Å². The molecule has 0 spiro atoms. The Morgan fingerprint density at radius 1 is 1.26 bits per heavy atom. The lowest BCUT2D eigenvalue weighted by Gasteiger charge is -2.10. The second-order valence-electron chi connectivity index (χ2n) is 5.78. The van der Waals surface area contributed by atoms with Crippen LogP contribution in [0.1, 0.15) is 45.0 Å². The predicted molar refractivity (Wildman–Crippen MR) is 107 cm³/mol. The summed E-state index contributed by atoms with van der Waals surface area (Å²) in [6, 6.07) is 3.91. The Morgan fingerprint density at radius 3 is 2.48 bits per heavy atom. The fourth-order valence-corrected chi connectivity index (χ4v) is 4.57. The molecule has 0 saturated heterocycles. The van der Waals surface area contributed by atoms with E-state index in [0.29, 0.717) is 17.0 Å². The third kappa shape index (κ3) is 4.69. The molecule has 1 heterocycles. The highest BCUT2D eigenvalue weighted by Gasteiger charge is 2.24. The van der Waals surface area contributed by atoms with Crippen molar-refractivity contribution < 1.29 is 22.7 Å². The predicted octanol–water partition coefficient (Wildman–Crippen LogP) is 4.10. The van der Waals surface area contributed by atoms with Crippen molar-refractivity contribution in [3.8, 4) is 0 Å². The van der Waals surface area contributed by atoms with Gasteiger partial charge in [-0.15, -0.1) is 11.3 Å². The van der Waals surface area contributed by atoms with Gasteiger partial charge < -0.3 is 10.1 Å². The van der Waals surface area contributed by atoms with Gasteiger partial charge in [-0.2, -0.15) is 0 Å². The van der Waals surface area contributed by atoms with Crippen LogP contribution in [-0.2, 0) is 21.0 Å². The van der Waals surface area contributed by atoms with Crippen LogP contribution < -0.4 is 5.32 Å². The summed E-state index contributed by atoms with van der Waals surface area (Å²) in [4.78, 5) is 26.0. The molecule has 2 aromatic rings. The number of ether oxygens (including phenoxy) is 1. The van der Waals surface area contributed by atoms with Gasteiger partial charge in [-0.1, -0.05) is 18.5 Å². The molecule has 0 bridgehead atoms. The fraction of sp³-hybridized carbons (Fsp3) is 0.333. The lowest BCUT2D eigenvalue weighted by atomic mass is 10.1. The minimum Gasteiger partial charge on any atom is -0.462 e. The quantitative estimate of drug-likeness (QED) is 0.698. The van der Waals surface area contributed by atoms with Crippen molar-refractivity contribution >= 4 is 49.7 Å². The molecule has 27 heavy (non-hydrogen) atoms. The van der Waals surface area contributed by atoms with Gasteiger partial charge in [-0.25, -0.2) is 13.2 Å². The summed E-state index contributed by atoms with van der Waals surface area (Å²) in [5, 5.41) is 3.15. The monoisotopic (exact) mass is 429 g/mol. The molecule has 0 atom stereocenters. The van der Waals surface area contributed by atoms with Crippen LogP contribution in [-0.4, -0.2) is 33.2 Å². The van der Waals surface area contributed by atoms with E-state index in [0.717, 1.165) is 16.7 Å². The number of carbonyl (C=O) groups is 2. The minimum atomic E-state index is -3.49. The van der Waals surface area contributed by atoms with Crippen LogP contribution in [0.4, 0.5) is 5.00 Å². The third-order valence-corrected chi connectivity index (χ3v) is 6.38. The van der Waals surface area contributed by atoms with Crippen LogP contribution in [0.5, 0.6) is 0 Å². The fourth-order valence-electron chi connectivity index (χ4n) is 2.59. The number of hydrogen-bond donors (Lipinski definition) is 1. The van der Waals surface area contributed by atoms with Crippen LogP contribution >= 0.6 is 22.9 Å². The van der Waals surface area contributed by atoms with Crippen LogP contribution in [0, 0.1) is 6.92 Å². The lowest BCUT2D eigenvalue weighted by Crippen LogP contribution is -2.16. The Morgan fingerprint density at radius 2 is 1.93 bits per heavy atom. The summed E-state index contributed by atoms with van der Waals surface area (Å²) >= 11 is 7.34. The first kappa shape index (κ1) is 21.4. The van der Waals surface area contributed by atoms with Gasteiger partial charge in [0.25, 0.3) is 5.91 Å². The lowest BCUT2D eigenvalue weighted by molar-refractivity contribution is 0.0527. The zero-order valence-corrected chi connectivity index (χ0v) is 17.8. The first-order valence-corrected chi connectivity index (χ1v) is 11.3. The molecular weight excluding hydrogens is 410 g/mol. The van der Waals surface area contributed by atoms with Crippen LogP contribution in [0.3, 0.4) is 0 Å². The highest BCUT2D eigenvalue weighted by Crippen LogP contribution is 2.35. The number of aryl methyl sites for hydroxylation is 1. The number of anilines is 1. The molecular formula is C18H20ClNO5S2. The second-order valence-corrected chi connectivity index (χ2v) is 9.43. The molecule has 1 aromatic heterocycles. The zero-order chi connectivity index (χ0) is 20.4. The largest absolute Gasteiger partial charge is 0.462 e. The Bertz CT molecular complexity index is 995. The topological polar surface area (TPSA) is 89.5 Å². The molecule has 0 aliphatic rings. The maximum absolute atomic E-state index is 12.7. The second kappa shape index (κ2) is 8.41. The SMILES string of the molecule is CCOC(=O)c1c(NC(=O)c2cc(S(C)(=O)=O)ccc2Cl)sc(C)c1CC. The maximum Gasteiger partial charge on any atom is 0.341 e. The van der Waals surface area contributed by atoms with E-state index in [2.05, 4.69) is 5.32 Å². The number of benzene rings is 1. The van der Waals surface area contributed by atoms with Gasteiger partial charge in [0.2, 0.25) is 0 Å². The van der Waals surface area contributed by atoms with Gasteiger partial charge in [0, 0.05) is 11.1 Å². The van der Waals surface area contributed by atoms with Crippen molar-refractivity contribution in [3.63, 3.8) is 0 Å². The summed E-state index contributed by atoms with van der Waals surface area (Å²) in [5.74, 6) is -1.11. The third-order valence-electron chi connectivity index (χ3n) is 3.88. The summed E-state index contributed by atoms with van der Waals surface area (Å²) in [6.07, 6.45) is 1.66. The number of rotatable bonds is 6. The van der Waals surface area contributed by atoms with Crippen molar-refractivity contribution in [3.05, 3.63) is 44.8 Å². The van der Waals surface area contributed by atoms with Crippen LogP contribution in [0.2, 0.25) is 5.02 Å². The van der Waals surface area contributed by atoms with E-state index in [9.17, 15) is 18.0 Å². The first-order valence-electron chi connectivity index (χ1n) is 8.20. The summed E-state index contributed by atoms with van der Waals surface area (Å²) in [5.41, 5.74) is 1.15. The highest BCUT2D eigenvalue weighted by atomic mass is 35.5. The van der Waals surface area contributed by atoms with Crippen molar-refractivity contribution in [2.24, 2.45) is 0 Å². The van der Waals surface area contributed by atoms with Gasteiger partial charge in [0.15, 0.2) is 9.84 Å². The van der Waals surface area contributed by atoms with E-state index >= 15 is 0 Å². The minimum absolute atomic E-state index is 0.0125. The number of sulfone groups is 1. The van der Waals surface area contributed by atoms with E-state index < -0.39 is 21.7 Å². The van der Waals surface area contributed by atoms with Crippen molar-refractivity contribution in [2.45, 2.75) is 32.1 Å². The molecule has 0 saturated carbocycles. The smallest absolute Gasteiger partial charge is 0.341 e. The van der Waals surface area contributed by atoms with Gasteiger partial charge in [-0.05, 0) is 44.0 Å². The van der Waals surface area contributed by atoms with E-state index in [1.807, 2.05) is 13.8 Å². The van der Waals surface area contributed by atoms with E-state index in [1.165, 1.54) is 29.5 Å². The molecule has 146 valence electrons. The molecule has 0 unspecified atom stereocenters. The van der Waals surface area contributed by atoms with Gasteiger partial charge in [0.05, 0.1) is 27.7 Å². The number of esters is 1. The zero-order valence-electron chi connectivity index (χ0n) is 15.4. The average Bonchev–Trinajstić information content (AvgIpc) is 2.89. The van der Waals surface area contributed by atoms with E-state index in [4.69, 9.17) is 16.3 Å². The highest BCUT2D eigenvalue weighted by molar-refractivity contribution is 7.90. The molecule has 1 N–H and O–H groups in total. The van der Waals surface area contributed by atoms with Crippen LogP contribution in [0.25, 0.3) is 0 Å². The molecule has 0 aliphatic heterocycles. The number of nitrogens with one attached hydrogen (secondary N) is 1. The first-order chi connectivity index (χ1) is 12.6. The molecule has 1 amide bonds. The molecule has 0 radical (unpaired) electrons. The Balaban J connectivity index is 2.46. The van der Waals surface area contributed by atoms with Crippen molar-refractivity contribution in [2.75, 3.05) is 18.2 Å². The number of thiophene rings is 1. The Kier molecular flexibility index (Phi) is 6.67. The van der Waals surface area contributed by atoms with Crippen molar-refractivity contribution in [1.82, 2.24) is 0 Å². The molecule has 6 nitrogen and oxygen atoms in total. The normalized spacial score (nSPS) is 11.3. The van der Waals surface area contributed by atoms with Gasteiger partial charge >= 0.3 is 5.97 Å². The summed E-state index contributed by atoms with van der Waals surface area (Å²) in [7, 11) is -3.49. The molecule has 0 fully saturated rings. The molecule has 1 aromatic carbocycles. The number of hydrogen-bond acceptors (Lipinski definition) is 6. The molecule has 2 rings (SSSR count). The van der Waals surface area contributed by atoms with E-state index in [-0.39, 0.29) is 22.1 Å². The van der Waals surface area contributed by atoms with Gasteiger partial charge in [0.1, 0.15) is 5.00 Å². The number of halogens is 1. The van der Waals surface area contributed by atoms with Crippen molar-refractivity contribution in [1.29, 1.82) is 0 Å². The standard InChI is InChI=1S/C18H20ClNO5S2/c1-5-12-10(3)26-17(15(12)18(22)25-6-2)20-16(21)13-9-11(27(4,23)24)7-8-14(13)19/h7-9H,5-6H2,1-4H3,(H,20,21). The van der Waals surface area contributed by atoms with Gasteiger partial charge in [-0.3, -0.25) is 4.79 Å². The van der Waals surface area contributed by atoms with Crippen LogP contribution in [0.15, 0.2) is 23.1 Å². The average molecular weight is 430 g/mol. The molecule has 0 aliphatic carbocycles. The number of carbonyl (C=O) groups excluding carboxylic acids is 2. The Hall–Kier alpha value is -1.90.